The lowest BCUT2D eigenvalue weighted by molar-refractivity contribution is 0.0121. The molecule has 1 aliphatic rings. The number of aromatic nitrogens is 3. The summed E-state index contributed by atoms with van der Waals surface area (Å²) in [6.45, 7) is 11.9. The molecule has 5 nitrogen and oxygen atoms in total. The Labute approximate surface area is 138 Å². The second-order valence-corrected chi connectivity index (χ2v) is 8.36. The number of H-pyrrole nitrogens is 1. The molecule has 0 radical (unpaired) electrons. The van der Waals surface area contributed by atoms with Crippen LogP contribution in [0.2, 0.25) is 0 Å². The highest BCUT2D eigenvalue weighted by atomic mass is 16.5. The zero-order valence-electron chi connectivity index (χ0n) is 14.8. The SMILES string of the molecule is CC(C)(C)c1cc(C[C@@H]2C[C@H](NCc3ncc[nH]3)C2(C)C)no1. The van der Waals surface area contributed by atoms with E-state index in [9.17, 15) is 0 Å². The molecule has 0 saturated heterocycles. The van der Waals surface area contributed by atoms with E-state index in [1.807, 2.05) is 6.20 Å². The van der Waals surface area contributed by atoms with E-state index < -0.39 is 0 Å². The summed E-state index contributed by atoms with van der Waals surface area (Å²) in [5.41, 5.74) is 1.36. The van der Waals surface area contributed by atoms with Crippen molar-refractivity contribution in [3.63, 3.8) is 0 Å². The molecule has 0 bridgehead atoms. The van der Waals surface area contributed by atoms with Gasteiger partial charge in [-0.3, -0.25) is 0 Å². The van der Waals surface area contributed by atoms with E-state index in [0.29, 0.717) is 12.0 Å². The Bertz CT molecular complexity index is 636. The second kappa shape index (κ2) is 5.78. The Morgan fingerprint density at radius 1 is 1.39 bits per heavy atom. The number of rotatable bonds is 5. The molecule has 5 heteroatoms. The minimum atomic E-state index is 0.0213. The maximum atomic E-state index is 5.51. The summed E-state index contributed by atoms with van der Waals surface area (Å²) in [7, 11) is 0. The van der Waals surface area contributed by atoms with Gasteiger partial charge in [0.2, 0.25) is 0 Å². The summed E-state index contributed by atoms with van der Waals surface area (Å²) in [5, 5.41) is 7.89. The zero-order chi connectivity index (χ0) is 16.7. The van der Waals surface area contributed by atoms with Gasteiger partial charge in [-0.15, -0.1) is 0 Å². The van der Waals surface area contributed by atoms with Crippen molar-refractivity contribution >= 4 is 0 Å². The highest BCUT2D eigenvalue weighted by Gasteiger charge is 2.47. The van der Waals surface area contributed by atoms with E-state index in [-0.39, 0.29) is 10.8 Å². The molecule has 2 heterocycles. The standard InChI is InChI=1S/C18H28N4O/c1-17(2,3)15-10-13(22-23-15)8-12-9-14(18(12,4)5)21-11-16-19-6-7-20-16/h6-7,10,12,14,21H,8-9,11H2,1-5H3,(H,19,20)/t12-,14+/m1/s1. The van der Waals surface area contributed by atoms with Crippen LogP contribution in [0, 0.1) is 11.3 Å². The van der Waals surface area contributed by atoms with Crippen molar-refractivity contribution in [1.82, 2.24) is 20.4 Å². The van der Waals surface area contributed by atoms with Gasteiger partial charge in [0.15, 0.2) is 0 Å². The number of hydrogen-bond donors (Lipinski definition) is 2. The van der Waals surface area contributed by atoms with Crippen LogP contribution in [-0.4, -0.2) is 21.2 Å². The number of aromatic amines is 1. The summed E-state index contributed by atoms with van der Waals surface area (Å²) >= 11 is 0. The average molecular weight is 316 g/mol. The molecule has 2 aromatic heterocycles. The largest absolute Gasteiger partial charge is 0.361 e. The number of hydrogen-bond acceptors (Lipinski definition) is 4. The fraction of sp³-hybridized carbons (Fsp3) is 0.667. The first kappa shape index (κ1) is 16.2. The monoisotopic (exact) mass is 316 g/mol. The van der Waals surface area contributed by atoms with Crippen LogP contribution in [0.5, 0.6) is 0 Å². The molecule has 0 aromatic carbocycles. The van der Waals surface area contributed by atoms with Crippen molar-refractivity contribution in [1.29, 1.82) is 0 Å². The maximum absolute atomic E-state index is 5.51. The van der Waals surface area contributed by atoms with Crippen LogP contribution >= 0.6 is 0 Å². The maximum Gasteiger partial charge on any atom is 0.142 e. The highest BCUT2D eigenvalue weighted by molar-refractivity contribution is 5.15. The quantitative estimate of drug-likeness (QED) is 0.886. The van der Waals surface area contributed by atoms with Crippen LogP contribution in [0.4, 0.5) is 0 Å². The van der Waals surface area contributed by atoms with Crippen LogP contribution < -0.4 is 5.32 Å². The molecule has 0 aliphatic heterocycles. The van der Waals surface area contributed by atoms with Crippen molar-refractivity contribution in [2.45, 2.75) is 65.5 Å². The van der Waals surface area contributed by atoms with Gasteiger partial charge in [-0.05, 0) is 24.2 Å². The predicted octanol–water partition coefficient (Wildman–Crippen LogP) is 3.44. The lowest BCUT2D eigenvalue weighted by Gasteiger charge is -2.52. The number of imidazole rings is 1. The Balaban J connectivity index is 1.55. The van der Waals surface area contributed by atoms with Crippen LogP contribution in [-0.2, 0) is 18.4 Å². The molecule has 1 aliphatic carbocycles. The first-order valence-corrected chi connectivity index (χ1v) is 8.44. The fourth-order valence-corrected chi connectivity index (χ4v) is 3.34. The highest BCUT2D eigenvalue weighted by Crippen LogP contribution is 2.48. The summed E-state index contributed by atoms with van der Waals surface area (Å²) in [6.07, 6.45) is 5.82. The normalized spacial score (nSPS) is 23.7. The van der Waals surface area contributed by atoms with Crippen molar-refractivity contribution in [2.24, 2.45) is 11.3 Å². The van der Waals surface area contributed by atoms with Crippen molar-refractivity contribution in [3.8, 4) is 0 Å². The van der Waals surface area contributed by atoms with Gasteiger partial charge in [0.1, 0.15) is 11.6 Å². The second-order valence-electron chi connectivity index (χ2n) is 8.36. The van der Waals surface area contributed by atoms with Gasteiger partial charge in [-0.25, -0.2) is 4.98 Å². The molecule has 0 spiro atoms. The molecule has 0 amide bonds. The van der Waals surface area contributed by atoms with Gasteiger partial charge in [0, 0.05) is 29.9 Å². The van der Waals surface area contributed by atoms with Crippen LogP contribution in [0.25, 0.3) is 0 Å². The molecule has 1 saturated carbocycles. The molecule has 3 rings (SSSR count). The molecular formula is C18H28N4O. The third-order valence-corrected chi connectivity index (χ3v) is 5.29. The molecule has 0 unspecified atom stereocenters. The van der Waals surface area contributed by atoms with Gasteiger partial charge in [-0.1, -0.05) is 39.8 Å². The average Bonchev–Trinajstić information content (AvgIpc) is 3.12. The zero-order valence-corrected chi connectivity index (χ0v) is 14.8. The first-order valence-electron chi connectivity index (χ1n) is 8.44. The lowest BCUT2D eigenvalue weighted by Crippen LogP contribution is -2.57. The minimum Gasteiger partial charge on any atom is -0.361 e. The molecule has 2 atom stereocenters. The van der Waals surface area contributed by atoms with Gasteiger partial charge in [-0.2, -0.15) is 0 Å². The fourth-order valence-electron chi connectivity index (χ4n) is 3.34. The smallest absolute Gasteiger partial charge is 0.142 e. The number of nitrogens with zero attached hydrogens (tertiary/aromatic N) is 2. The van der Waals surface area contributed by atoms with E-state index in [1.165, 1.54) is 6.42 Å². The first-order chi connectivity index (χ1) is 10.8. The van der Waals surface area contributed by atoms with E-state index in [2.05, 4.69) is 61.1 Å². The Morgan fingerprint density at radius 2 is 2.17 bits per heavy atom. The summed E-state index contributed by atoms with van der Waals surface area (Å²) < 4.78 is 5.51. The third kappa shape index (κ3) is 3.34. The Kier molecular flexibility index (Phi) is 4.08. The molecule has 1 fully saturated rings. The van der Waals surface area contributed by atoms with Crippen LogP contribution in [0.15, 0.2) is 23.0 Å². The van der Waals surface area contributed by atoms with E-state index in [1.54, 1.807) is 6.20 Å². The summed E-state index contributed by atoms with van der Waals surface area (Å²) in [6, 6.07) is 2.64. The van der Waals surface area contributed by atoms with Crippen LogP contribution in [0.1, 0.15) is 58.3 Å². The van der Waals surface area contributed by atoms with Crippen LogP contribution in [0.3, 0.4) is 0 Å². The molecule has 23 heavy (non-hydrogen) atoms. The van der Waals surface area contributed by atoms with E-state index >= 15 is 0 Å². The van der Waals surface area contributed by atoms with Crippen molar-refractivity contribution in [2.75, 3.05) is 0 Å². The Hall–Kier alpha value is -1.62. The van der Waals surface area contributed by atoms with E-state index in [0.717, 1.165) is 30.2 Å². The molecule has 2 N–H and O–H groups in total. The summed E-state index contributed by atoms with van der Waals surface area (Å²) in [4.78, 5) is 7.41. The Morgan fingerprint density at radius 3 is 2.74 bits per heavy atom. The van der Waals surface area contributed by atoms with Crippen molar-refractivity contribution in [3.05, 3.63) is 35.7 Å². The number of nitrogens with one attached hydrogen (secondary N) is 2. The van der Waals surface area contributed by atoms with Crippen molar-refractivity contribution < 1.29 is 4.52 Å². The molecule has 2 aromatic rings. The lowest BCUT2D eigenvalue weighted by atomic mass is 9.57. The molecular weight excluding hydrogens is 288 g/mol. The van der Waals surface area contributed by atoms with Gasteiger partial charge in [0.25, 0.3) is 0 Å². The minimum absolute atomic E-state index is 0.0213. The third-order valence-electron chi connectivity index (χ3n) is 5.29. The summed E-state index contributed by atoms with van der Waals surface area (Å²) in [5.74, 6) is 2.60. The van der Waals surface area contributed by atoms with E-state index in [4.69, 9.17) is 4.52 Å². The van der Waals surface area contributed by atoms with Gasteiger partial charge >= 0.3 is 0 Å². The molecule has 126 valence electrons. The predicted molar refractivity (Wildman–Crippen MR) is 90.0 cm³/mol. The van der Waals surface area contributed by atoms with Gasteiger partial charge < -0.3 is 14.8 Å². The topological polar surface area (TPSA) is 66.7 Å². The van der Waals surface area contributed by atoms with Gasteiger partial charge in [0.05, 0.1) is 12.2 Å².